The van der Waals surface area contributed by atoms with Gasteiger partial charge in [0, 0.05) is 10.0 Å². The molecule has 0 saturated carbocycles. The molecule has 1 heterocycles. The van der Waals surface area contributed by atoms with Crippen LogP contribution in [0.2, 0.25) is 0 Å². The van der Waals surface area contributed by atoms with Crippen molar-refractivity contribution in [1.82, 2.24) is 0 Å². The van der Waals surface area contributed by atoms with Gasteiger partial charge in [0.15, 0.2) is 0 Å². The van der Waals surface area contributed by atoms with E-state index in [2.05, 4.69) is 22.6 Å². The van der Waals surface area contributed by atoms with E-state index in [-0.39, 0.29) is 5.97 Å². The summed E-state index contributed by atoms with van der Waals surface area (Å²) in [7, 11) is 0. The Hall–Kier alpha value is -0.0600. The number of hydrogen-bond acceptors (Lipinski definition) is 2. The Balaban J connectivity index is 2.38. The highest BCUT2D eigenvalue weighted by atomic mass is 127. The van der Waals surface area contributed by atoms with Gasteiger partial charge in [-0.25, -0.2) is 4.79 Å². The van der Waals surface area contributed by atoms with Crippen LogP contribution in [0.3, 0.4) is 0 Å². The molecule has 0 aromatic carbocycles. The highest BCUT2D eigenvalue weighted by Gasteiger charge is 2.07. The molecule has 0 spiro atoms. The average Bonchev–Trinajstić information content (AvgIpc) is 2.15. The molecule has 2 nitrogen and oxygen atoms in total. The molecule has 74 valence electrons. The van der Waals surface area contributed by atoms with Crippen molar-refractivity contribution in [2.24, 2.45) is 0 Å². The number of hydrogen-bond donors (Lipinski definition) is 0. The van der Waals surface area contributed by atoms with Crippen molar-refractivity contribution in [3.63, 3.8) is 0 Å². The zero-order chi connectivity index (χ0) is 9.52. The van der Waals surface area contributed by atoms with Crippen LogP contribution in [0.4, 0.5) is 0 Å². The van der Waals surface area contributed by atoms with Crippen LogP contribution in [0.5, 0.6) is 0 Å². The minimum absolute atomic E-state index is 0.191. The summed E-state index contributed by atoms with van der Waals surface area (Å²) in [6, 6.07) is 0. The Morgan fingerprint density at radius 2 is 2.23 bits per heavy atom. The van der Waals surface area contributed by atoms with E-state index in [0.717, 1.165) is 12.8 Å². The SMILES string of the molecule is O=C1/C=C\CCCCCC(I)CO1. The standard InChI is InChI=1S/C10H15IO2/c11-9-6-4-2-1-3-5-7-10(12)13-8-9/h5,7,9H,1-4,6,8H2/b7-5-. The fourth-order valence-corrected chi connectivity index (χ4v) is 1.91. The summed E-state index contributed by atoms with van der Waals surface area (Å²) in [5.74, 6) is -0.191. The quantitative estimate of drug-likeness (QED) is 0.390. The molecule has 0 fully saturated rings. The summed E-state index contributed by atoms with van der Waals surface area (Å²) in [4.78, 5) is 11.0. The maximum atomic E-state index is 11.0. The zero-order valence-corrected chi connectivity index (χ0v) is 9.83. The Morgan fingerprint density at radius 1 is 1.38 bits per heavy atom. The van der Waals surface area contributed by atoms with Gasteiger partial charge in [0.1, 0.15) is 6.61 Å². The van der Waals surface area contributed by atoms with Crippen LogP contribution in [0.1, 0.15) is 32.1 Å². The molecule has 0 aromatic heterocycles. The second kappa shape index (κ2) is 6.40. The molecule has 0 N–H and O–H groups in total. The number of rotatable bonds is 0. The van der Waals surface area contributed by atoms with E-state index in [9.17, 15) is 4.79 Å². The van der Waals surface area contributed by atoms with Gasteiger partial charge < -0.3 is 4.74 Å². The van der Waals surface area contributed by atoms with Crippen molar-refractivity contribution in [3.05, 3.63) is 12.2 Å². The fraction of sp³-hybridized carbons (Fsp3) is 0.700. The summed E-state index contributed by atoms with van der Waals surface area (Å²) >= 11 is 2.35. The van der Waals surface area contributed by atoms with Crippen molar-refractivity contribution in [2.45, 2.75) is 36.0 Å². The maximum Gasteiger partial charge on any atom is 0.330 e. The summed E-state index contributed by atoms with van der Waals surface area (Å²) < 4.78 is 5.53. The van der Waals surface area contributed by atoms with Gasteiger partial charge in [0.05, 0.1) is 0 Å². The molecule has 0 radical (unpaired) electrons. The number of cyclic esters (lactones) is 1. The van der Waals surface area contributed by atoms with Gasteiger partial charge in [-0.2, -0.15) is 0 Å². The minimum atomic E-state index is -0.191. The molecule has 0 aromatic rings. The summed E-state index contributed by atoms with van der Waals surface area (Å²) in [5, 5.41) is 0. The molecular weight excluding hydrogens is 279 g/mol. The highest BCUT2D eigenvalue weighted by molar-refractivity contribution is 14.1. The number of halogens is 1. The smallest absolute Gasteiger partial charge is 0.330 e. The number of allylic oxidation sites excluding steroid dienone is 1. The lowest BCUT2D eigenvalue weighted by molar-refractivity contribution is -0.137. The van der Waals surface area contributed by atoms with Gasteiger partial charge in [-0.1, -0.05) is 41.5 Å². The molecule has 3 heteroatoms. The van der Waals surface area contributed by atoms with E-state index in [0.29, 0.717) is 10.5 Å². The Kier molecular flexibility index (Phi) is 5.43. The van der Waals surface area contributed by atoms with Crippen LogP contribution in [-0.2, 0) is 9.53 Å². The van der Waals surface area contributed by atoms with Crippen molar-refractivity contribution in [1.29, 1.82) is 0 Å². The van der Waals surface area contributed by atoms with Gasteiger partial charge in [0.25, 0.3) is 0 Å². The monoisotopic (exact) mass is 294 g/mol. The van der Waals surface area contributed by atoms with Crippen LogP contribution in [0, 0.1) is 0 Å². The number of carbonyl (C=O) groups excluding carboxylic acids is 1. The van der Waals surface area contributed by atoms with Crippen molar-refractivity contribution < 1.29 is 9.53 Å². The predicted molar refractivity (Wildman–Crippen MR) is 61.0 cm³/mol. The zero-order valence-electron chi connectivity index (χ0n) is 7.67. The number of carbonyl (C=O) groups is 1. The van der Waals surface area contributed by atoms with E-state index >= 15 is 0 Å². The third-order valence-electron chi connectivity index (χ3n) is 2.05. The second-order valence-corrected chi connectivity index (χ2v) is 5.03. The predicted octanol–water partition coefficient (Wildman–Crippen LogP) is 2.85. The Labute approximate surface area is 92.9 Å². The molecule has 1 unspecified atom stereocenters. The van der Waals surface area contributed by atoms with E-state index in [1.54, 1.807) is 6.08 Å². The second-order valence-electron chi connectivity index (χ2n) is 3.27. The third kappa shape index (κ3) is 5.29. The van der Waals surface area contributed by atoms with Gasteiger partial charge in [-0.15, -0.1) is 0 Å². The molecule has 0 amide bonds. The van der Waals surface area contributed by atoms with Crippen LogP contribution in [0.15, 0.2) is 12.2 Å². The van der Waals surface area contributed by atoms with E-state index in [1.807, 2.05) is 6.08 Å². The molecule has 13 heavy (non-hydrogen) atoms. The molecular formula is C10H15IO2. The Bertz CT molecular complexity index is 189. The largest absolute Gasteiger partial charge is 0.461 e. The van der Waals surface area contributed by atoms with Crippen LogP contribution < -0.4 is 0 Å². The van der Waals surface area contributed by atoms with E-state index < -0.39 is 0 Å². The molecule has 1 aliphatic rings. The topological polar surface area (TPSA) is 26.3 Å². The van der Waals surface area contributed by atoms with E-state index in [4.69, 9.17) is 4.74 Å². The first-order valence-electron chi connectivity index (χ1n) is 4.76. The fourth-order valence-electron chi connectivity index (χ4n) is 1.29. The lowest BCUT2D eigenvalue weighted by Crippen LogP contribution is -2.11. The summed E-state index contributed by atoms with van der Waals surface area (Å²) in [5.41, 5.74) is 0. The summed E-state index contributed by atoms with van der Waals surface area (Å²) in [6.07, 6.45) is 9.32. The third-order valence-corrected chi connectivity index (χ3v) is 3.03. The number of alkyl halides is 1. The van der Waals surface area contributed by atoms with Crippen LogP contribution in [0.25, 0.3) is 0 Å². The normalized spacial score (nSPS) is 28.7. The number of ether oxygens (including phenoxy) is 1. The molecule has 1 atom stereocenters. The molecule has 0 bridgehead atoms. The summed E-state index contributed by atoms with van der Waals surface area (Å²) in [6.45, 7) is 0.559. The van der Waals surface area contributed by atoms with E-state index in [1.165, 1.54) is 19.3 Å². The van der Waals surface area contributed by atoms with Gasteiger partial charge in [0.2, 0.25) is 0 Å². The van der Waals surface area contributed by atoms with Crippen molar-refractivity contribution in [3.8, 4) is 0 Å². The Morgan fingerprint density at radius 3 is 3.08 bits per heavy atom. The lowest BCUT2D eigenvalue weighted by Gasteiger charge is -2.08. The highest BCUT2D eigenvalue weighted by Crippen LogP contribution is 2.14. The maximum absolute atomic E-state index is 11.0. The lowest BCUT2D eigenvalue weighted by atomic mass is 10.1. The van der Waals surface area contributed by atoms with Gasteiger partial charge in [-0.05, 0) is 19.3 Å². The molecule has 1 aliphatic heterocycles. The van der Waals surface area contributed by atoms with Crippen LogP contribution in [-0.4, -0.2) is 16.5 Å². The van der Waals surface area contributed by atoms with Crippen molar-refractivity contribution in [2.75, 3.05) is 6.61 Å². The van der Waals surface area contributed by atoms with Gasteiger partial charge >= 0.3 is 5.97 Å². The minimum Gasteiger partial charge on any atom is -0.461 e. The molecule has 0 saturated heterocycles. The van der Waals surface area contributed by atoms with Crippen LogP contribution >= 0.6 is 22.6 Å². The van der Waals surface area contributed by atoms with Crippen molar-refractivity contribution >= 4 is 28.6 Å². The first-order valence-corrected chi connectivity index (χ1v) is 6.01. The average molecular weight is 294 g/mol. The first kappa shape index (κ1) is 11.0. The molecule has 0 aliphatic carbocycles. The number of esters is 1. The molecule has 1 rings (SSSR count). The van der Waals surface area contributed by atoms with Gasteiger partial charge in [-0.3, -0.25) is 0 Å². The first-order chi connectivity index (χ1) is 6.29.